The number of aryl methyl sites for hydroxylation is 1. The number of hydrogen-bond acceptors (Lipinski definition) is 3. The zero-order valence-electron chi connectivity index (χ0n) is 8.16. The van der Waals surface area contributed by atoms with E-state index in [4.69, 9.17) is 15.2 Å². The minimum atomic E-state index is 0.350. The van der Waals surface area contributed by atoms with Crippen LogP contribution < -0.4 is 15.2 Å². The molecule has 0 bridgehead atoms. The number of rotatable bonds is 4. The average Bonchev–Trinajstić information content (AvgIpc) is 2.67. The first kappa shape index (κ1) is 9.34. The summed E-state index contributed by atoms with van der Waals surface area (Å²) in [6, 6.07) is 6.03. The molecule has 14 heavy (non-hydrogen) atoms. The molecule has 1 aliphatic rings. The van der Waals surface area contributed by atoms with Gasteiger partial charge in [0.25, 0.3) is 0 Å². The predicted molar refractivity (Wildman–Crippen MR) is 54.6 cm³/mol. The molecule has 1 aromatic carbocycles. The SMILES string of the molecule is NCCCCc1cccc2c1OCO2. The van der Waals surface area contributed by atoms with Crippen LogP contribution in [0.5, 0.6) is 11.5 Å². The molecule has 0 radical (unpaired) electrons. The maximum absolute atomic E-state index is 5.45. The minimum Gasteiger partial charge on any atom is -0.454 e. The molecule has 1 aliphatic heterocycles. The second kappa shape index (κ2) is 4.33. The predicted octanol–water partition coefficient (Wildman–Crippen LogP) is 1.70. The number of ether oxygens (including phenoxy) is 2. The molecule has 76 valence electrons. The van der Waals surface area contributed by atoms with Crippen LogP contribution in [0.1, 0.15) is 18.4 Å². The zero-order chi connectivity index (χ0) is 9.80. The van der Waals surface area contributed by atoms with E-state index in [0.717, 1.165) is 37.3 Å². The Morgan fingerprint density at radius 1 is 1.21 bits per heavy atom. The quantitative estimate of drug-likeness (QED) is 0.740. The van der Waals surface area contributed by atoms with E-state index in [2.05, 4.69) is 6.07 Å². The van der Waals surface area contributed by atoms with E-state index >= 15 is 0 Å². The average molecular weight is 193 g/mol. The lowest BCUT2D eigenvalue weighted by atomic mass is 10.1. The molecule has 0 spiro atoms. The maximum atomic E-state index is 5.45. The van der Waals surface area contributed by atoms with Gasteiger partial charge in [-0.3, -0.25) is 0 Å². The molecule has 2 N–H and O–H groups in total. The van der Waals surface area contributed by atoms with Crippen LogP contribution in [-0.4, -0.2) is 13.3 Å². The van der Waals surface area contributed by atoms with Crippen molar-refractivity contribution in [3.05, 3.63) is 23.8 Å². The van der Waals surface area contributed by atoms with Gasteiger partial charge < -0.3 is 15.2 Å². The van der Waals surface area contributed by atoms with Gasteiger partial charge in [-0.2, -0.15) is 0 Å². The Kier molecular flexibility index (Phi) is 2.89. The van der Waals surface area contributed by atoms with E-state index in [-0.39, 0.29) is 0 Å². The largest absolute Gasteiger partial charge is 0.454 e. The summed E-state index contributed by atoms with van der Waals surface area (Å²) in [6.45, 7) is 1.11. The summed E-state index contributed by atoms with van der Waals surface area (Å²) >= 11 is 0. The van der Waals surface area contributed by atoms with Crippen LogP contribution in [0.25, 0.3) is 0 Å². The smallest absolute Gasteiger partial charge is 0.231 e. The normalized spacial score (nSPS) is 13.2. The van der Waals surface area contributed by atoms with Crippen molar-refractivity contribution in [1.82, 2.24) is 0 Å². The Labute approximate surface area is 83.8 Å². The number of hydrogen-bond donors (Lipinski definition) is 1. The van der Waals surface area contributed by atoms with Crippen molar-refractivity contribution in [2.24, 2.45) is 5.73 Å². The lowest BCUT2D eigenvalue weighted by Gasteiger charge is -2.04. The summed E-state index contributed by atoms with van der Waals surface area (Å²) in [5.74, 6) is 1.79. The van der Waals surface area contributed by atoms with Crippen LogP contribution in [0, 0.1) is 0 Å². The van der Waals surface area contributed by atoms with Crippen LogP contribution in [0.15, 0.2) is 18.2 Å². The van der Waals surface area contributed by atoms with Crippen molar-refractivity contribution in [3.63, 3.8) is 0 Å². The molecule has 1 heterocycles. The van der Waals surface area contributed by atoms with Gasteiger partial charge in [-0.15, -0.1) is 0 Å². The number of benzene rings is 1. The zero-order valence-corrected chi connectivity index (χ0v) is 8.16. The maximum Gasteiger partial charge on any atom is 0.231 e. The second-order valence-electron chi connectivity index (χ2n) is 3.40. The molecule has 0 unspecified atom stereocenters. The number of unbranched alkanes of at least 4 members (excludes halogenated alkanes) is 1. The van der Waals surface area contributed by atoms with Crippen LogP contribution in [0.2, 0.25) is 0 Å². The fourth-order valence-corrected chi connectivity index (χ4v) is 1.65. The van der Waals surface area contributed by atoms with Gasteiger partial charge in [-0.25, -0.2) is 0 Å². The first-order valence-corrected chi connectivity index (χ1v) is 4.99. The standard InChI is InChI=1S/C11H15NO2/c12-7-2-1-4-9-5-3-6-10-11(9)14-8-13-10/h3,5-6H,1-2,4,7-8,12H2. The van der Waals surface area contributed by atoms with Gasteiger partial charge in [-0.1, -0.05) is 12.1 Å². The fourth-order valence-electron chi connectivity index (χ4n) is 1.65. The van der Waals surface area contributed by atoms with E-state index < -0.39 is 0 Å². The monoisotopic (exact) mass is 193 g/mol. The second-order valence-corrected chi connectivity index (χ2v) is 3.40. The summed E-state index contributed by atoms with van der Waals surface area (Å²) in [5, 5.41) is 0. The Hall–Kier alpha value is -1.22. The highest BCUT2D eigenvalue weighted by Gasteiger charge is 2.16. The third-order valence-electron chi connectivity index (χ3n) is 2.38. The third-order valence-corrected chi connectivity index (χ3v) is 2.38. The van der Waals surface area contributed by atoms with Crippen LogP contribution >= 0.6 is 0 Å². The lowest BCUT2D eigenvalue weighted by Crippen LogP contribution is -1.99. The Balaban J connectivity index is 2.06. The van der Waals surface area contributed by atoms with Gasteiger partial charge in [0.15, 0.2) is 11.5 Å². The van der Waals surface area contributed by atoms with Crippen molar-refractivity contribution in [3.8, 4) is 11.5 Å². The van der Waals surface area contributed by atoms with Crippen molar-refractivity contribution < 1.29 is 9.47 Å². The van der Waals surface area contributed by atoms with Gasteiger partial charge >= 0.3 is 0 Å². The van der Waals surface area contributed by atoms with E-state index in [0.29, 0.717) is 6.79 Å². The Morgan fingerprint density at radius 3 is 3.00 bits per heavy atom. The molecule has 0 fully saturated rings. The molecule has 0 aliphatic carbocycles. The summed E-state index contributed by atoms with van der Waals surface area (Å²) in [7, 11) is 0. The molecule has 2 rings (SSSR count). The van der Waals surface area contributed by atoms with E-state index in [1.165, 1.54) is 5.56 Å². The highest BCUT2D eigenvalue weighted by molar-refractivity contribution is 5.48. The Bertz CT molecular complexity index is 312. The molecule has 0 atom stereocenters. The first-order chi connectivity index (χ1) is 6.92. The molecule has 0 saturated carbocycles. The molecular formula is C11H15NO2. The highest BCUT2D eigenvalue weighted by atomic mass is 16.7. The summed E-state index contributed by atoms with van der Waals surface area (Å²) in [4.78, 5) is 0. The molecule has 3 heteroatoms. The van der Waals surface area contributed by atoms with Crippen LogP contribution in [0.3, 0.4) is 0 Å². The molecular weight excluding hydrogens is 178 g/mol. The molecule has 0 saturated heterocycles. The van der Waals surface area contributed by atoms with Gasteiger partial charge in [-0.05, 0) is 37.4 Å². The lowest BCUT2D eigenvalue weighted by molar-refractivity contribution is 0.173. The number of fused-ring (bicyclic) bond motifs is 1. The minimum absolute atomic E-state index is 0.350. The Morgan fingerprint density at radius 2 is 2.14 bits per heavy atom. The van der Waals surface area contributed by atoms with E-state index in [1.807, 2.05) is 12.1 Å². The van der Waals surface area contributed by atoms with Gasteiger partial charge in [0.1, 0.15) is 0 Å². The van der Waals surface area contributed by atoms with Crippen molar-refractivity contribution >= 4 is 0 Å². The van der Waals surface area contributed by atoms with E-state index in [9.17, 15) is 0 Å². The molecule has 0 amide bonds. The third kappa shape index (κ3) is 1.82. The molecule has 0 aromatic heterocycles. The highest BCUT2D eigenvalue weighted by Crippen LogP contribution is 2.35. The topological polar surface area (TPSA) is 44.5 Å². The first-order valence-electron chi connectivity index (χ1n) is 4.99. The van der Waals surface area contributed by atoms with Crippen molar-refractivity contribution in [2.75, 3.05) is 13.3 Å². The van der Waals surface area contributed by atoms with E-state index in [1.54, 1.807) is 0 Å². The summed E-state index contributed by atoms with van der Waals surface area (Å²) < 4.78 is 10.7. The summed E-state index contributed by atoms with van der Waals surface area (Å²) in [6.07, 6.45) is 3.19. The van der Waals surface area contributed by atoms with Gasteiger partial charge in [0, 0.05) is 0 Å². The van der Waals surface area contributed by atoms with Gasteiger partial charge in [0.05, 0.1) is 0 Å². The van der Waals surface area contributed by atoms with Crippen LogP contribution in [-0.2, 0) is 6.42 Å². The number of nitrogens with two attached hydrogens (primary N) is 1. The van der Waals surface area contributed by atoms with Crippen LogP contribution in [0.4, 0.5) is 0 Å². The molecule has 1 aromatic rings. The fraction of sp³-hybridized carbons (Fsp3) is 0.455. The summed E-state index contributed by atoms with van der Waals surface area (Å²) in [5.41, 5.74) is 6.68. The number of para-hydroxylation sites is 1. The van der Waals surface area contributed by atoms with Crippen molar-refractivity contribution in [1.29, 1.82) is 0 Å². The van der Waals surface area contributed by atoms with Crippen molar-refractivity contribution in [2.45, 2.75) is 19.3 Å². The molecule has 3 nitrogen and oxygen atoms in total. The van der Waals surface area contributed by atoms with Gasteiger partial charge in [0.2, 0.25) is 6.79 Å².